The summed E-state index contributed by atoms with van der Waals surface area (Å²) < 4.78 is 14.0. The Labute approximate surface area is 190 Å². The summed E-state index contributed by atoms with van der Waals surface area (Å²) in [6.07, 6.45) is 0. The Morgan fingerprint density at radius 1 is 1.21 bits per heavy atom. The molecule has 0 saturated heterocycles. The van der Waals surface area contributed by atoms with Gasteiger partial charge >= 0.3 is 5.69 Å². The Balaban J connectivity index is 1.95. The van der Waals surface area contributed by atoms with Crippen molar-refractivity contribution >= 4 is 34.4 Å². The van der Waals surface area contributed by atoms with E-state index in [-0.39, 0.29) is 21.7 Å². The summed E-state index contributed by atoms with van der Waals surface area (Å²) in [4.78, 5) is 42.5. The molecule has 2 aromatic carbocycles. The van der Waals surface area contributed by atoms with Crippen LogP contribution in [0.2, 0.25) is 0 Å². The average Bonchev–Trinajstić information content (AvgIpc) is 3.23. The lowest BCUT2D eigenvalue weighted by molar-refractivity contribution is -0.385. The van der Waals surface area contributed by atoms with Gasteiger partial charge in [-0.3, -0.25) is 24.6 Å². The number of ketones is 1. The lowest BCUT2D eigenvalue weighted by Crippen LogP contribution is -2.31. The van der Waals surface area contributed by atoms with Crippen LogP contribution in [0.4, 0.5) is 15.8 Å². The number of benzene rings is 2. The summed E-state index contributed by atoms with van der Waals surface area (Å²) in [7, 11) is 0. The van der Waals surface area contributed by atoms with Gasteiger partial charge in [-0.1, -0.05) is 12.1 Å². The summed E-state index contributed by atoms with van der Waals surface area (Å²) >= 11 is 1.08. The number of nitro benzene ring substituents is 1. The average molecular weight is 469 g/mol. The number of hydrogen-bond acceptors (Lipinski definition) is 8. The number of phenolic OH excluding ortho intramolecular Hbond substituents is 1. The Morgan fingerprint density at radius 2 is 1.94 bits per heavy atom. The minimum absolute atomic E-state index is 0.0345. The molecular weight excluding hydrogens is 453 g/mol. The number of Topliss-reactive ketones (excluding diaryl/α,β-unsaturated/α-hetero) is 1. The molecule has 1 aliphatic rings. The normalized spacial score (nSPS) is 15.9. The van der Waals surface area contributed by atoms with E-state index < -0.39 is 45.7 Å². The van der Waals surface area contributed by atoms with Crippen molar-refractivity contribution in [3.8, 4) is 5.75 Å². The molecule has 9 nitrogen and oxygen atoms in total. The Kier molecular flexibility index (Phi) is 5.42. The molecule has 0 saturated carbocycles. The van der Waals surface area contributed by atoms with Gasteiger partial charge < -0.3 is 10.2 Å². The van der Waals surface area contributed by atoms with Crippen LogP contribution < -0.4 is 4.90 Å². The highest BCUT2D eigenvalue weighted by Crippen LogP contribution is 2.44. The number of phenols is 1. The number of aliphatic hydroxyl groups excluding tert-OH is 1. The van der Waals surface area contributed by atoms with Crippen molar-refractivity contribution < 1.29 is 29.1 Å². The molecule has 0 bridgehead atoms. The van der Waals surface area contributed by atoms with E-state index in [1.54, 1.807) is 13.8 Å². The number of nitro groups is 1. The topological polar surface area (TPSA) is 134 Å². The first-order valence-electron chi connectivity index (χ1n) is 9.58. The van der Waals surface area contributed by atoms with Gasteiger partial charge in [0.05, 0.1) is 32.1 Å². The van der Waals surface area contributed by atoms with Gasteiger partial charge in [0.2, 0.25) is 5.78 Å². The third-order valence-electron chi connectivity index (χ3n) is 5.16. The maximum atomic E-state index is 14.0. The molecule has 3 aromatic rings. The van der Waals surface area contributed by atoms with Gasteiger partial charge in [-0.05, 0) is 43.7 Å². The second-order valence-corrected chi connectivity index (χ2v) is 8.50. The van der Waals surface area contributed by atoms with E-state index in [2.05, 4.69) is 4.98 Å². The van der Waals surface area contributed by atoms with Gasteiger partial charge in [0.25, 0.3) is 5.91 Å². The van der Waals surface area contributed by atoms with Gasteiger partial charge in [0, 0.05) is 11.8 Å². The van der Waals surface area contributed by atoms with Crippen molar-refractivity contribution in [2.24, 2.45) is 0 Å². The number of hydrogen-bond donors (Lipinski definition) is 2. The molecule has 1 aromatic heterocycles. The zero-order chi connectivity index (χ0) is 24.0. The van der Waals surface area contributed by atoms with Crippen LogP contribution in [0.3, 0.4) is 0 Å². The molecule has 1 aliphatic heterocycles. The van der Waals surface area contributed by atoms with Gasteiger partial charge in [0.1, 0.15) is 5.82 Å². The third kappa shape index (κ3) is 3.72. The molecule has 168 valence electrons. The highest BCUT2D eigenvalue weighted by Gasteiger charge is 2.46. The number of carbonyl (C=O) groups is 2. The summed E-state index contributed by atoms with van der Waals surface area (Å²) in [5.74, 6) is -3.77. The summed E-state index contributed by atoms with van der Waals surface area (Å²) in [6, 6.07) is 7.01. The first-order chi connectivity index (χ1) is 15.6. The number of aromatic hydroxyl groups is 1. The van der Waals surface area contributed by atoms with Crippen LogP contribution >= 0.6 is 11.3 Å². The van der Waals surface area contributed by atoms with Gasteiger partial charge in [-0.15, -0.1) is 11.3 Å². The monoisotopic (exact) mass is 469 g/mol. The van der Waals surface area contributed by atoms with E-state index in [9.17, 15) is 34.3 Å². The minimum atomic E-state index is -1.31. The number of aliphatic hydroxyl groups is 1. The first-order valence-corrected chi connectivity index (χ1v) is 10.4. The van der Waals surface area contributed by atoms with Crippen molar-refractivity contribution in [1.82, 2.24) is 4.98 Å². The molecule has 1 atom stereocenters. The van der Waals surface area contributed by atoms with Crippen molar-refractivity contribution in [3.63, 3.8) is 0 Å². The number of anilines is 1. The molecule has 33 heavy (non-hydrogen) atoms. The van der Waals surface area contributed by atoms with Crippen LogP contribution in [0.25, 0.3) is 0 Å². The molecule has 2 N–H and O–H groups in total. The Bertz CT molecular complexity index is 1370. The predicted octanol–water partition coefficient (Wildman–Crippen LogP) is 4.30. The van der Waals surface area contributed by atoms with Crippen LogP contribution in [0.1, 0.15) is 32.0 Å². The van der Waals surface area contributed by atoms with E-state index >= 15 is 0 Å². The highest BCUT2D eigenvalue weighted by molar-refractivity contribution is 7.14. The largest absolute Gasteiger partial charge is 0.503 e. The van der Waals surface area contributed by atoms with Gasteiger partial charge in [-0.2, -0.15) is 0 Å². The number of rotatable bonds is 5. The molecule has 1 unspecified atom stereocenters. The summed E-state index contributed by atoms with van der Waals surface area (Å²) in [5.41, 5.74) is -0.469. The molecule has 11 heteroatoms. The number of aryl methyl sites for hydroxylation is 2. The Hall–Kier alpha value is -4.12. The van der Waals surface area contributed by atoms with Crippen molar-refractivity contribution in [1.29, 1.82) is 0 Å². The summed E-state index contributed by atoms with van der Waals surface area (Å²) in [5, 5.41) is 32.6. The van der Waals surface area contributed by atoms with E-state index in [1.807, 2.05) is 0 Å². The Morgan fingerprint density at radius 3 is 2.55 bits per heavy atom. The molecule has 2 heterocycles. The number of amides is 1. The fraction of sp³-hybridized carbons (Fsp3) is 0.136. The minimum Gasteiger partial charge on any atom is -0.503 e. The molecule has 0 aliphatic carbocycles. The maximum Gasteiger partial charge on any atom is 0.311 e. The fourth-order valence-electron chi connectivity index (χ4n) is 3.77. The van der Waals surface area contributed by atoms with Gasteiger partial charge in [0.15, 0.2) is 11.5 Å². The van der Waals surface area contributed by atoms with E-state index in [0.29, 0.717) is 10.7 Å². The molecule has 4 rings (SSSR count). The fourth-order valence-corrected chi connectivity index (χ4v) is 4.64. The zero-order valence-electron chi connectivity index (χ0n) is 17.3. The molecule has 0 spiro atoms. The molecule has 0 radical (unpaired) electrons. The zero-order valence-corrected chi connectivity index (χ0v) is 18.1. The van der Waals surface area contributed by atoms with E-state index in [4.69, 9.17) is 0 Å². The van der Waals surface area contributed by atoms with Crippen LogP contribution in [0.15, 0.2) is 53.8 Å². The smallest absolute Gasteiger partial charge is 0.311 e. The van der Waals surface area contributed by atoms with Crippen LogP contribution in [0.5, 0.6) is 5.75 Å². The molecule has 1 amide bonds. The van der Waals surface area contributed by atoms with Crippen LogP contribution in [0, 0.1) is 29.8 Å². The van der Waals surface area contributed by atoms with E-state index in [0.717, 1.165) is 40.5 Å². The lowest BCUT2D eigenvalue weighted by atomic mass is 9.94. The number of halogens is 1. The van der Waals surface area contributed by atoms with Crippen LogP contribution in [-0.2, 0) is 4.79 Å². The van der Waals surface area contributed by atoms with Gasteiger partial charge in [-0.25, -0.2) is 9.37 Å². The van der Waals surface area contributed by atoms with Crippen molar-refractivity contribution in [2.75, 3.05) is 4.90 Å². The molecular formula is C22H16FN3O6S. The number of thiazole rings is 1. The highest BCUT2D eigenvalue weighted by atomic mass is 32.1. The van der Waals surface area contributed by atoms with E-state index in [1.165, 1.54) is 18.2 Å². The number of nitrogens with zero attached hydrogens (tertiary/aromatic N) is 3. The second-order valence-electron chi connectivity index (χ2n) is 7.30. The summed E-state index contributed by atoms with van der Waals surface area (Å²) in [6.45, 7) is 3.30. The maximum absolute atomic E-state index is 14.0. The number of aromatic nitrogens is 1. The van der Waals surface area contributed by atoms with Crippen molar-refractivity contribution in [3.05, 3.63) is 90.9 Å². The molecule has 0 fully saturated rings. The SMILES string of the molecule is Cc1nc(C)c(C(=O)C2=C(O)C(=O)N(c3cccc(F)c3)C2c2ccc(O)c([N+](=O)[O-])c2)s1. The third-order valence-corrected chi connectivity index (χ3v) is 6.23. The lowest BCUT2D eigenvalue weighted by Gasteiger charge is -2.27. The quantitative estimate of drug-likeness (QED) is 0.323. The van der Waals surface area contributed by atoms with Crippen LogP contribution in [-0.4, -0.2) is 31.8 Å². The predicted molar refractivity (Wildman–Crippen MR) is 117 cm³/mol. The van der Waals surface area contributed by atoms with Crippen molar-refractivity contribution in [2.45, 2.75) is 19.9 Å². The number of carbonyl (C=O) groups excluding carboxylic acids is 2. The first kappa shape index (κ1) is 22.1. The standard InChI is InChI=1S/C22H16FN3O6S/c1-10-21(33-11(2)24-10)19(28)17-18(12-6-7-16(27)15(8-12)26(31)32)25(22(30)20(17)29)14-5-3-4-13(23)9-14/h3-9,18,27,29H,1-2H3. The second kappa shape index (κ2) is 8.10.